The molecule has 2 rings (SSSR count). The minimum absolute atomic E-state index is 0.659. The maximum atomic E-state index is 5.99. The van der Waals surface area contributed by atoms with Crippen molar-refractivity contribution in [1.29, 1.82) is 0 Å². The van der Waals surface area contributed by atoms with Crippen LogP contribution in [0, 0.1) is 5.92 Å². The summed E-state index contributed by atoms with van der Waals surface area (Å²) < 4.78 is 5.14. The van der Waals surface area contributed by atoms with Gasteiger partial charge in [-0.2, -0.15) is 0 Å². The summed E-state index contributed by atoms with van der Waals surface area (Å²) in [6.07, 6.45) is 3.92. The molecule has 17 heavy (non-hydrogen) atoms. The second-order valence-corrected chi connectivity index (χ2v) is 5.06. The van der Waals surface area contributed by atoms with Crippen molar-refractivity contribution in [3.8, 4) is 5.75 Å². The maximum Gasteiger partial charge on any atom is 0.120 e. The van der Waals surface area contributed by atoms with Crippen LogP contribution in [0.15, 0.2) is 18.2 Å². The van der Waals surface area contributed by atoms with E-state index in [9.17, 15) is 0 Å². The van der Waals surface area contributed by atoms with Gasteiger partial charge < -0.3 is 15.8 Å². The van der Waals surface area contributed by atoms with Crippen LogP contribution in [0.1, 0.15) is 31.7 Å². The van der Waals surface area contributed by atoms with Crippen molar-refractivity contribution >= 4 is 5.69 Å². The first-order valence-electron chi connectivity index (χ1n) is 6.35. The van der Waals surface area contributed by atoms with Crippen LogP contribution in [0.5, 0.6) is 5.75 Å². The molecule has 1 fully saturated rings. The summed E-state index contributed by atoms with van der Waals surface area (Å²) in [5.41, 5.74) is 7.95. The molecule has 1 aromatic carbocycles. The summed E-state index contributed by atoms with van der Waals surface area (Å²) in [6, 6.07) is 6.55. The fraction of sp³-hybridized carbons (Fsp3) is 0.571. The lowest BCUT2D eigenvalue weighted by atomic mass is 10.1. The van der Waals surface area contributed by atoms with Crippen LogP contribution in [0.2, 0.25) is 0 Å². The Morgan fingerprint density at radius 3 is 2.82 bits per heavy atom. The van der Waals surface area contributed by atoms with Crippen molar-refractivity contribution in [2.75, 3.05) is 12.8 Å². The molecule has 3 heteroatoms. The van der Waals surface area contributed by atoms with Gasteiger partial charge in [0, 0.05) is 24.3 Å². The third-order valence-electron chi connectivity index (χ3n) is 3.63. The molecule has 1 aliphatic carbocycles. The van der Waals surface area contributed by atoms with Crippen LogP contribution >= 0.6 is 0 Å². The Balaban J connectivity index is 1.90. The van der Waals surface area contributed by atoms with Crippen molar-refractivity contribution < 1.29 is 4.74 Å². The molecule has 0 saturated heterocycles. The van der Waals surface area contributed by atoms with E-state index < -0.39 is 0 Å². The fourth-order valence-corrected chi connectivity index (χ4v) is 2.51. The molecule has 2 atom stereocenters. The highest BCUT2D eigenvalue weighted by atomic mass is 16.5. The zero-order valence-corrected chi connectivity index (χ0v) is 10.7. The number of nitrogens with one attached hydrogen (secondary N) is 1. The van der Waals surface area contributed by atoms with Gasteiger partial charge in [-0.1, -0.05) is 13.0 Å². The molecule has 1 saturated carbocycles. The average molecular weight is 234 g/mol. The van der Waals surface area contributed by atoms with Gasteiger partial charge in [0.05, 0.1) is 7.11 Å². The number of nitrogen functional groups attached to an aromatic ring is 1. The van der Waals surface area contributed by atoms with Crippen molar-refractivity contribution in [3.63, 3.8) is 0 Å². The highest BCUT2D eigenvalue weighted by molar-refractivity contribution is 5.51. The molecule has 0 amide bonds. The predicted octanol–water partition coefficient (Wildman–Crippen LogP) is 2.56. The second-order valence-electron chi connectivity index (χ2n) is 5.06. The van der Waals surface area contributed by atoms with Gasteiger partial charge in [0.1, 0.15) is 5.75 Å². The molecule has 0 radical (unpaired) electrons. The van der Waals surface area contributed by atoms with E-state index in [-0.39, 0.29) is 0 Å². The summed E-state index contributed by atoms with van der Waals surface area (Å²) in [5, 5.41) is 3.59. The van der Waals surface area contributed by atoms with Gasteiger partial charge in [0.25, 0.3) is 0 Å². The number of methoxy groups -OCH3 is 1. The second kappa shape index (κ2) is 5.41. The van der Waals surface area contributed by atoms with E-state index in [1.807, 2.05) is 18.2 Å². The minimum Gasteiger partial charge on any atom is -0.497 e. The molecular weight excluding hydrogens is 212 g/mol. The van der Waals surface area contributed by atoms with Gasteiger partial charge in [-0.15, -0.1) is 0 Å². The maximum absolute atomic E-state index is 5.99. The van der Waals surface area contributed by atoms with Crippen LogP contribution in [-0.2, 0) is 6.54 Å². The quantitative estimate of drug-likeness (QED) is 0.787. The lowest BCUT2D eigenvalue weighted by molar-refractivity contribution is 0.414. The number of ether oxygens (including phenoxy) is 1. The summed E-state index contributed by atoms with van der Waals surface area (Å²) in [7, 11) is 1.66. The van der Waals surface area contributed by atoms with Crippen molar-refractivity contribution in [2.24, 2.45) is 5.92 Å². The summed E-state index contributed by atoms with van der Waals surface area (Å²) >= 11 is 0. The molecule has 0 aliphatic heterocycles. The van der Waals surface area contributed by atoms with Gasteiger partial charge in [-0.3, -0.25) is 0 Å². The van der Waals surface area contributed by atoms with Gasteiger partial charge >= 0.3 is 0 Å². The molecule has 94 valence electrons. The van der Waals surface area contributed by atoms with Crippen molar-refractivity contribution in [2.45, 2.75) is 38.8 Å². The number of hydrogen-bond donors (Lipinski definition) is 2. The van der Waals surface area contributed by atoms with E-state index in [1.54, 1.807) is 7.11 Å². The van der Waals surface area contributed by atoms with Crippen molar-refractivity contribution in [3.05, 3.63) is 23.8 Å². The molecule has 0 heterocycles. The van der Waals surface area contributed by atoms with Crippen LogP contribution in [0.25, 0.3) is 0 Å². The van der Waals surface area contributed by atoms with Gasteiger partial charge in [-0.25, -0.2) is 0 Å². The number of rotatable bonds is 4. The zero-order valence-electron chi connectivity index (χ0n) is 10.7. The van der Waals surface area contributed by atoms with Crippen LogP contribution in [0.3, 0.4) is 0 Å². The molecule has 3 N–H and O–H groups in total. The smallest absolute Gasteiger partial charge is 0.120 e. The predicted molar refractivity (Wildman–Crippen MR) is 71.0 cm³/mol. The topological polar surface area (TPSA) is 47.3 Å². The van der Waals surface area contributed by atoms with Gasteiger partial charge in [0.2, 0.25) is 0 Å². The fourth-order valence-electron chi connectivity index (χ4n) is 2.51. The Morgan fingerprint density at radius 1 is 1.41 bits per heavy atom. The largest absolute Gasteiger partial charge is 0.497 e. The Morgan fingerprint density at radius 2 is 2.24 bits per heavy atom. The summed E-state index contributed by atoms with van der Waals surface area (Å²) in [6.45, 7) is 3.18. The number of anilines is 1. The first kappa shape index (κ1) is 12.2. The Bertz CT molecular complexity index is 378. The van der Waals surface area contributed by atoms with Crippen molar-refractivity contribution in [1.82, 2.24) is 5.32 Å². The number of nitrogens with two attached hydrogens (primary N) is 1. The lowest BCUT2D eigenvalue weighted by Gasteiger charge is -2.14. The van der Waals surface area contributed by atoms with E-state index in [2.05, 4.69) is 12.2 Å². The third-order valence-corrected chi connectivity index (χ3v) is 3.63. The molecule has 2 unspecified atom stereocenters. The Hall–Kier alpha value is -1.22. The summed E-state index contributed by atoms with van der Waals surface area (Å²) in [4.78, 5) is 0. The van der Waals surface area contributed by atoms with Crippen LogP contribution in [-0.4, -0.2) is 13.2 Å². The monoisotopic (exact) mass is 234 g/mol. The molecule has 0 aromatic heterocycles. The van der Waals surface area contributed by atoms with Gasteiger partial charge in [0.15, 0.2) is 0 Å². The first-order chi connectivity index (χ1) is 8.19. The summed E-state index contributed by atoms with van der Waals surface area (Å²) in [5.74, 6) is 1.68. The normalized spacial score (nSPS) is 23.9. The average Bonchev–Trinajstić information content (AvgIpc) is 2.73. The van der Waals surface area contributed by atoms with E-state index in [0.717, 1.165) is 29.5 Å². The standard InChI is InChI=1S/C14H22N2O/c1-10-3-5-12(7-10)16-9-11-4-6-13(17-2)8-14(11)15/h4,6,8,10,12,16H,3,5,7,9,15H2,1-2H3. The first-order valence-corrected chi connectivity index (χ1v) is 6.35. The molecule has 1 aromatic rings. The van der Waals surface area contributed by atoms with Gasteiger partial charge in [-0.05, 0) is 36.8 Å². The van der Waals surface area contributed by atoms with Crippen LogP contribution in [0.4, 0.5) is 5.69 Å². The highest BCUT2D eigenvalue weighted by Gasteiger charge is 2.20. The van der Waals surface area contributed by atoms with E-state index >= 15 is 0 Å². The van der Waals surface area contributed by atoms with E-state index in [1.165, 1.54) is 19.3 Å². The zero-order chi connectivity index (χ0) is 12.3. The Kier molecular flexibility index (Phi) is 3.89. The molecule has 0 spiro atoms. The van der Waals surface area contributed by atoms with E-state index in [0.29, 0.717) is 6.04 Å². The van der Waals surface area contributed by atoms with Crippen LogP contribution < -0.4 is 15.8 Å². The molecule has 1 aliphatic rings. The van der Waals surface area contributed by atoms with E-state index in [4.69, 9.17) is 10.5 Å². The lowest BCUT2D eigenvalue weighted by Crippen LogP contribution is -2.26. The highest BCUT2D eigenvalue weighted by Crippen LogP contribution is 2.25. The molecule has 3 nitrogen and oxygen atoms in total. The third kappa shape index (κ3) is 3.13. The Labute approximate surface area is 103 Å². The molecular formula is C14H22N2O. The number of hydrogen-bond acceptors (Lipinski definition) is 3. The number of benzene rings is 1. The molecule has 0 bridgehead atoms. The minimum atomic E-state index is 0.659. The SMILES string of the molecule is COc1ccc(CNC2CCC(C)C2)c(N)c1.